The molecule has 0 aliphatic carbocycles. The summed E-state index contributed by atoms with van der Waals surface area (Å²) >= 11 is 0. The van der Waals surface area contributed by atoms with Crippen LogP contribution in [-0.4, -0.2) is 63.8 Å². The Labute approximate surface area is 168 Å². The summed E-state index contributed by atoms with van der Waals surface area (Å²) in [4.78, 5) is 20.6. The van der Waals surface area contributed by atoms with Gasteiger partial charge in [0.25, 0.3) is 0 Å². The molecule has 0 aliphatic rings. The second-order valence-electron chi connectivity index (χ2n) is 6.77. The molecule has 1 N–H and O–H groups in total. The van der Waals surface area contributed by atoms with Crippen LogP contribution in [0.5, 0.6) is 5.88 Å². The lowest BCUT2D eigenvalue weighted by atomic mass is 10.2. The fourth-order valence-corrected chi connectivity index (χ4v) is 2.92. The summed E-state index contributed by atoms with van der Waals surface area (Å²) in [5.74, 6) is -0.329. The second kappa shape index (κ2) is 9.20. The van der Waals surface area contributed by atoms with Gasteiger partial charge in [0.05, 0.1) is 5.39 Å². The summed E-state index contributed by atoms with van der Waals surface area (Å²) in [6.45, 7) is 5.90. The topological polar surface area (TPSA) is 77.7 Å². The van der Waals surface area contributed by atoms with Crippen LogP contribution >= 0.6 is 0 Å². The van der Waals surface area contributed by atoms with E-state index in [0.29, 0.717) is 22.3 Å². The number of aromatic nitrogens is 3. The van der Waals surface area contributed by atoms with Gasteiger partial charge in [0.15, 0.2) is 0 Å². The molecule has 0 fully saturated rings. The molecule has 0 spiro atoms. The van der Waals surface area contributed by atoms with Gasteiger partial charge in [0.2, 0.25) is 5.88 Å². The molecule has 0 saturated carbocycles. The van der Waals surface area contributed by atoms with Gasteiger partial charge in [-0.15, -0.1) is 0 Å². The van der Waals surface area contributed by atoms with Crippen molar-refractivity contribution >= 4 is 23.3 Å². The zero-order valence-corrected chi connectivity index (χ0v) is 16.5. The Balaban J connectivity index is 1.69. The summed E-state index contributed by atoms with van der Waals surface area (Å²) in [5.41, 5.74) is 2.65. The van der Waals surface area contributed by atoms with Gasteiger partial charge in [-0.1, -0.05) is 12.1 Å². The van der Waals surface area contributed by atoms with E-state index in [1.807, 2.05) is 25.2 Å². The smallest absolute Gasteiger partial charge is 0.222 e. The molecular weight excluding hydrogens is 371 g/mol. The minimum absolute atomic E-state index is 0.0992. The molecular formula is C21H23FN6O. The van der Waals surface area contributed by atoms with Crippen molar-refractivity contribution in [3.8, 4) is 5.88 Å². The molecule has 0 radical (unpaired) electrons. The summed E-state index contributed by atoms with van der Waals surface area (Å²) in [7, 11) is 3.95. The van der Waals surface area contributed by atoms with Gasteiger partial charge in [-0.25, -0.2) is 14.4 Å². The maximum Gasteiger partial charge on any atom is 0.222 e. The van der Waals surface area contributed by atoms with E-state index in [9.17, 15) is 9.50 Å². The molecule has 0 saturated heterocycles. The molecule has 0 atom stereocenters. The number of hydrogen-bond donors (Lipinski definition) is 1. The zero-order chi connectivity index (χ0) is 20.8. The standard InChI is InChI=1S/C21H23FN6O/c1-23-18(20-19-17(8-9-24-20)21(29)26-14-25-19)13-28(3)11-10-27(2)12-15-4-6-16(22)7-5-15/h4-9,13-14H,1,10-12H2,2-3H3,(H,25,26,29)/b18-13-. The molecule has 2 aromatic heterocycles. The molecule has 7 nitrogen and oxygen atoms in total. The molecule has 2 heterocycles. The minimum Gasteiger partial charge on any atom is -0.493 e. The van der Waals surface area contributed by atoms with E-state index in [-0.39, 0.29) is 11.7 Å². The molecule has 3 aromatic rings. The van der Waals surface area contributed by atoms with Crippen molar-refractivity contribution in [2.24, 2.45) is 4.99 Å². The number of aromatic hydroxyl groups is 1. The highest BCUT2D eigenvalue weighted by Crippen LogP contribution is 2.26. The largest absolute Gasteiger partial charge is 0.493 e. The first-order valence-corrected chi connectivity index (χ1v) is 9.08. The van der Waals surface area contributed by atoms with Crippen molar-refractivity contribution in [3.63, 3.8) is 0 Å². The van der Waals surface area contributed by atoms with Crippen LogP contribution in [0.25, 0.3) is 16.6 Å². The van der Waals surface area contributed by atoms with Gasteiger partial charge in [0, 0.05) is 39.1 Å². The maximum absolute atomic E-state index is 13.0. The molecule has 0 unspecified atom stereocenters. The summed E-state index contributed by atoms with van der Waals surface area (Å²) in [6.07, 6.45) is 4.72. The van der Waals surface area contributed by atoms with Crippen LogP contribution in [0.3, 0.4) is 0 Å². The number of pyridine rings is 1. The lowest BCUT2D eigenvalue weighted by Gasteiger charge is -2.21. The molecule has 8 heteroatoms. The van der Waals surface area contributed by atoms with Gasteiger partial charge in [-0.3, -0.25) is 9.98 Å². The first-order valence-electron chi connectivity index (χ1n) is 9.08. The highest BCUT2D eigenvalue weighted by Gasteiger charge is 2.12. The number of benzene rings is 1. The quantitative estimate of drug-likeness (QED) is 0.592. The molecule has 3 rings (SSSR count). The number of fused-ring (bicyclic) bond motifs is 1. The monoisotopic (exact) mass is 394 g/mol. The third-order valence-corrected chi connectivity index (χ3v) is 4.49. The van der Waals surface area contributed by atoms with Crippen LogP contribution in [0.15, 0.2) is 54.0 Å². The lowest BCUT2D eigenvalue weighted by molar-refractivity contribution is 0.288. The second-order valence-corrected chi connectivity index (χ2v) is 6.77. The van der Waals surface area contributed by atoms with Gasteiger partial charge in [-0.05, 0) is 37.5 Å². The van der Waals surface area contributed by atoms with E-state index in [4.69, 9.17) is 0 Å². The van der Waals surface area contributed by atoms with Crippen LogP contribution in [0, 0.1) is 5.82 Å². The molecule has 0 bridgehead atoms. The number of halogens is 1. The predicted octanol–water partition coefficient (Wildman–Crippen LogP) is 2.93. The van der Waals surface area contributed by atoms with Crippen molar-refractivity contribution in [1.29, 1.82) is 0 Å². The third kappa shape index (κ3) is 5.11. The van der Waals surface area contributed by atoms with E-state index in [1.165, 1.54) is 18.5 Å². The molecule has 29 heavy (non-hydrogen) atoms. The van der Waals surface area contributed by atoms with E-state index >= 15 is 0 Å². The van der Waals surface area contributed by atoms with Crippen LogP contribution in [0.1, 0.15) is 11.3 Å². The van der Waals surface area contributed by atoms with Gasteiger partial charge < -0.3 is 14.9 Å². The molecule has 1 aromatic carbocycles. The minimum atomic E-state index is -0.230. The number of hydrogen-bond acceptors (Lipinski definition) is 7. The average molecular weight is 394 g/mol. The highest BCUT2D eigenvalue weighted by atomic mass is 19.1. The SMILES string of the molecule is C=N/C(=C\N(C)CCN(C)Cc1ccc(F)cc1)c1nccc2c(O)ncnc12. The van der Waals surface area contributed by atoms with E-state index in [2.05, 4.69) is 31.6 Å². The Bertz CT molecular complexity index is 1020. The van der Waals surface area contributed by atoms with Crippen molar-refractivity contribution in [2.45, 2.75) is 6.54 Å². The Morgan fingerprint density at radius 3 is 2.62 bits per heavy atom. The molecule has 0 amide bonds. The Hall–Kier alpha value is -3.39. The summed E-state index contributed by atoms with van der Waals surface area (Å²) in [6, 6.07) is 8.18. The number of rotatable bonds is 8. The van der Waals surface area contributed by atoms with Crippen molar-refractivity contribution in [1.82, 2.24) is 24.8 Å². The zero-order valence-electron chi connectivity index (χ0n) is 16.5. The van der Waals surface area contributed by atoms with E-state index < -0.39 is 0 Å². The van der Waals surface area contributed by atoms with Gasteiger partial charge >= 0.3 is 0 Å². The Morgan fingerprint density at radius 2 is 1.90 bits per heavy atom. The first-order chi connectivity index (χ1) is 14.0. The fraction of sp³-hybridized carbons (Fsp3) is 0.238. The van der Waals surface area contributed by atoms with Crippen LogP contribution in [-0.2, 0) is 6.54 Å². The molecule has 150 valence electrons. The van der Waals surface area contributed by atoms with Gasteiger partial charge in [0.1, 0.15) is 29.1 Å². The average Bonchev–Trinajstić information content (AvgIpc) is 2.72. The number of nitrogens with zero attached hydrogens (tertiary/aromatic N) is 6. The number of aliphatic imine (C=N–C) groups is 1. The normalized spacial score (nSPS) is 11.8. The van der Waals surface area contributed by atoms with E-state index in [0.717, 1.165) is 25.2 Å². The Morgan fingerprint density at radius 1 is 1.14 bits per heavy atom. The fourth-order valence-electron chi connectivity index (χ4n) is 2.92. The first kappa shape index (κ1) is 20.3. The van der Waals surface area contributed by atoms with Crippen LogP contribution < -0.4 is 0 Å². The number of likely N-dealkylation sites (N-methyl/N-ethyl adjacent to an activating group) is 2. The van der Waals surface area contributed by atoms with Crippen molar-refractivity contribution in [3.05, 3.63) is 66.1 Å². The van der Waals surface area contributed by atoms with Crippen molar-refractivity contribution < 1.29 is 9.50 Å². The van der Waals surface area contributed by atoms with Crippen LogP contribution in [0.4, 0.5) is 4.39 Å². The molecule has 0 aliphatic heterocycles. The van der Waals surface area contributed by atoms with E-state index in [1.54, 1.807) is 24.4 Å². The van der Waals surface area contributed by atoms with Crippen molar-refractivity contribution in [2.75, 3.05) is 27.2 Å². The summed E-state index contributed by atoms with van der Waals surface area (Å²) in [5, 5.41) is 10.4. The third-order valence-electron chi connectivity index (χ3n) is 4.49. The Kier molecular flexibility index (Phi) is 6.46. The van der Waals surface area contributed by atoms with Crippen LogP contribution in [0.2, 0.25) is 0 Å². The van der Waals surface area contributed by atoms with Gasteiger partial charge in [-0.2, -0.15) is 0 Å². The predicted molar refractivity (Wildman–Crippen MR) is 112 cm³/mol. The summed E-state index contributed by atoms with van der Waals surface area (Å²) < 4.78 is 13.0. The lowest BCUT2D eigenvalue weighted by Crippen LogP contribution is -2.28. The maximum atomic E-state index is 13.0. The highest BCUT2D eigenvalue weighted by molar-refractivity contribution is 5.91.